The molecule has 3 N–H and O–H groups in total. The predicted octanol–water partition coefficient (Wildman–Crippen LogP) is 8.23. The van der Waals surface area contributed by atoms with E-state index in [2.05, 4.69) is 34.6 Å². The van der Waals surface area contributed by atoms with Crippen LogP contribution in [0.15, 0.2) is 0 Å². The Morgan fingerprint density at radius 1 is 0.900 bits per heavy atom. The Labute approximate surface area is 243 Å². The summed E-state index contributed by atoms with van der Waals surface area (Å²) in [5.74, 6) is 2.34. The number of esters is 1. The van der Waals surface area contributed by atoms with Crippen molar-refractivity contribution in [3.8, 4) is 11.5 Å². The first-order chi connectivity index (χ1) is 18.7. The lowest BCUT2D eigenvalue weighted by Gasteiger charge is -2.38. The zero-order valence-corrected chi connectivity index (χ0v) is 26.7. The number of rotatable bonds is 17. The van der Waals surface area contributed by atoms with Crippen molar-refractivity contribution in [2.24, 2.45) is 23.5 Å². The smallest absolute Gasteiger partial charge is 0.320 e. The fourth-order valence-electron chi connectivity index (χ4n) is 5.97. The minimum Gasteiger partial charge on any atom is -0.487 e. The lowest BCUT2D eigenvalue weighted by atomic mass is 9.83. The van der Waals surface area contributed by atoms with Gasteiger partial charge in [0.1, 0.15) is 23.1 Å². The van der Waals surface area contributed by atoms with Gasteiger partial charge in [0.15, 0.2) is 0 Å². The number of hydrogen-bond donors (Lipinski definition) is 2. The second kappa shape index (κ2) is 15.8. The van der Waals surface area contributed by atoms with Crippen LogP contribution in [0.2, 0.25) is 0 Å². The Morgan fingerprint density at radius 3 is 2.05 bits per heavy atom. The summed E-state index contributed by atoms with van der Waals surface area (Å²) >= 11 is 0. The largest absolute Gasteiger partial charge is 0.487 e. The number of hydrogen-bond acceptors (Lipinski definition) is 5. The van der Waals surface area contributed by atoms with Crippen molar-refractivity contribution < 1.29 is 24.2 Å². The van der Waals surface area contributed by atoms with Crippen LogP contribution in [-0.2, 0) is 16.0 Å². The molecule has 0 bridgehead atoms. The van der Waals surface area contributed by atoms with Crippen molar-refractivity contribution >= 4 is 11.9 Å². The molecule has 0 aliphatic carbocycles. The Bertz CT molecular complexity index is 987. The van der Waals surface area contributed by atoms with Crippen molar-refractivity contribution in [1.29, 1.82) is 0 Å². The molecule has 0 fully saturated rings. The van der Waals surface area contributed by atoms with E-state index in [1.807, 2.05) is 20.8 Å². The van der Waals surface area contributed by atoms with Gasteiger partial charge in [0.2, 0.25) is 0 Å². The number of carbonyl (C=O) groups excluding carboxylic acids is 1. The lowest BCUT2D eigenvalue weighted by Crippen LogP contribution is -2.37. The Balaban J connectivity index is 1.88. The molecule has 0 aromatic heterocycles. The molecule has 1 aromatic rings. The zero-order valence-electron chi connectivity index (χ0n) is 26.7. The molecule has 4 atom stereocenters. The van der Waals surface area contributed by atoms with E-state index >= 15 is 0 Å². The average Bonchev–Trinajstić information content (AvgIpc) is 2.88. The quantitative estimate of drug-likeness (QED) is 0.147. The van der Waals surface area contributed by atoms with Crippen molar-refractivity contribution in [3.63, 3.8) is 0 Å². The van der Waals surface area contributed by atoms with Crippen LogP contribution < -0.4 is 15.2 Å². The second-order valence-corrected chi connectivity index (χ2v) is 13.4. The fraction of sp³-hybridized carbons (Fsp3) is 0.765. The van der Waals surface area contributed by atoms with Gasteiger partial charge in [0, 0.05) is 12.0 Å². The minimum absolute atomic E-state index is 0.0349. The number of carbonyl (C=O) groups is 2. The molecule has 0 saturated heterocycles. The molecule has 0 unspecified atom stereocenters. The highest BCUT2D eigenvalue weighted by atomic mass is 16.5. The van der Waals surface area contributed by atoms with Gasteiger partial charge < -0.3 is 20.3 Å². The van der Waals surface area contributed by atoms with E-state index in [0.29, 0.717) is 5.75 Å². The van der Waals surface area contributed by atoms with E-state index in [1.54, 1.807) is 0 Å². The predicted molar refractivity (Wildman–Crippen MR) is 163 cm³/mol. The minimum atomic E-state index is -1.11. The van der Waals surface area contributed by atoms with Gasteiger partial charge in [-0.25, -0.2) is 0 Å². The van der Waals surface area contributed by atoms with Crippen LogP contribution in [0.3, 0.4) is 0 Å². The Hall–Kier alpha value is -2.08. The topological polar surface area (TPSA) is 98.9 Å². The summed E-state index contributed by atoms with van der Waals surface area (Å²) in [6.45, 7) is 17.7. The molecule has 0 radical (unpaired) electrons. The second-order valence-electron chi connectivity index (χ2n) is 13.4. The number of ether oxygens (including phenoxy) is 2. The van der Waals surface area contributed by atoms with Crippen LogP contribution >= 0.6 is 0 Å². The highest BCUT2D eigenvalue weighted by Crippen LogP contribution is 2.45. The van der Waals surface area contributed by atoms with Gasteiger partial charge in [-0.05, 0) is 94.2 Å². The molecule has 228 valence electrons. The maximum absolute atomic E-state index is 12.5. The summed E-state index contributed by atoms with van der Waals surface area (Å²) in [5.41, 5.74) is 9.30. The first kappa shape index (κ1) is 34.1. The van der Waals surface area contributed by atoms with Crippen LogP contribution in [-0.4, -0.2) is 28.7 Å². The van der Waals surface area contributed by atoms with E-state index < -0.39 is 18.0 Å². The summed E-state index contributed by atoms with van der Waals surface area (Å²) in [7, 11) is 0. The molecule has 0 amide bonds. The van der Waals surface area contributed by atoms with Crippen LogP contribution in [0.1, 0.15) is 134 Å². The molecule has 40 heavy (non-hydrogen) atoms. The van der Waals surface area contributed by atoms with Gasteiger partial charge >= 0.3 is 11.9 Å². The number of benzene rings is 1. The maximum Gasteiger partial charge on any atom is 0.320 e. The van der Waals surface area contributed by atoms with Gasteiger partial charge in [-0.2, -0.15) is 0 Å². The number of fused-ring (bicyclic) bond motifs is 1. The van der Waals surface area contributed by atoms with Gasteiger partial charge in [0.05, 0.1) is 0 Å². The molecular formula is C34H57NO5. The molecule has 1 aliphatic rings. The van der Waals surface area contributed by atoms with Gasteiger partial charge in [0.25, 0.3) is 0 Å². The molecule has 2 rings (SSSR count). The maximum atomic E-state index is 12.5. The van der Waals surface area contributed by atoms with Crippen LogP contribution in [0, 0.1) is 38.5 Å². The molecule has 6 heteroatoms. The summed E-state index contributed by atoms with van der Waals surface area (Å²) < 4.78 is 12.4. The summed E-state index contributed by atoms with van der Waals surface area (Å²) in [6, 6.07) is -1.07. The SMILES string of the molecule is Cc1c(C)c2c(c(C)c1OC(=O)CC[C@H](N)C(=O)O)CC[C@@](C)(CCC[C@H](C)CCC[C@H](C)CCCC(C)C)O2. The highest BCUT2D eigenvalue weighted by molar-refractivity contribution is 5.77. The highest BCUT2D eigenvalue weighted by Gasteiger charge is 2.35. The van der Waals surface area contributed by atoms with Crippen molar-refractivity contribution in [2.45, 2.75) is 151 Å². The third-order valence-electron chi connectivity index (χ3n) is 9.03. The number of nitrogens with two attached hydrogens (primary N) is 1. The third-order valence-corrected chi connectivity index (χ3v) is 9.03. The fourth-order valence-corrected chi connectivity index (χ4v) is 5.97. The van der Waals surface area contributed by atoms with Crippen molar-refractivity contribution in [2.75, 3.05) is 0 Å². The Kier molecular flexibility index (Phi) is 13.5. The first-order valence-electron chi connectivity index (χ1n) is 15.7. The van der Waals surface area contributed by atoms with E-state index in [1.165, 1.54) is 51.4 Å². The summed E-state index contributed by atoms with van der Waals surface area (Å²) in [6.07, 6.45) is 13.4. The van der Waals surface area contributed by atoms with Crippen LogP contribution in [0.4, 0.5) is 0 Å². The van der Waals surface area contributed by atoms with Gasteiger partial charge in [-0.1, -0.05) is 72.6 Å². The molecule has 0 saturated carbocycles. The normalized spacial score (nSPS) is 19.1. The number of carboxylic acids is 1. The van der Waals surface area contributed by atoms with Gasteiger partial charge in [-0.15, -0.1) is 0 Å². The monoisotopic (exact) mass is 559 g/mol. The van der Waals surface area contributed by atoms with E-state index in [0.717, 1.165) is 65.0 Å². The summed E-state index contributed by atoms with van der Waals surface area (Å²) in [4.78, 5) is 23.4. The Morgan fingerprint density at radius 2 is 1.48 bits per heavy atom. The van der Waals surface area contributed by atoms with E-state index in [-0.39, 0.29) is 18.4 Å². The van der Waals surface area contributed by atoms with Crippen molar-refractivity contribution in [1.82, 2.24) is 0 Å². The third kappa shape index (κ3) is 10.4. The van der Waals surface area contributed by atoms with Crippen LogP contribution in [0.5, 0.6) is 11.5 Å². The molecule has 6 nitrogen and oxygen atoms in total. The first-order valence-corrected chi connectivity index (χ1v) is 15.7. The lowest BCUT2D eigenvalue weighted by molar-refractivity contribution is -0.139. The molecule has 1 heterocycles. The van der Waals surface area contributed by atoms with Crippen molar-refractivity contribution in [3.05, 3.63) is 22.3 Å². The molecule has 0 spiro atoms. The zero-order chi connectivity index (χ0) is 30.0. The molecule has 1 aliphatic heterocycles. The molecular weight excluding hydrogens is 502 g/mol. The number of carboxylic acid groups (broad SMARTS) is 1. The number of aliphatic carboxylic acids is 1. The van der Waals surface area contributed by atoms with E-state index in [9.17, 15) is 9.59 Å². The molecule has 1 aromatic carbocycles. The standard InChI is InChI=1S/C34H57NO5/c1-22(2)12-9-13-23(3)14-10-15-24(4)16-11-20-34(8)21-19-28-27(7)31(25(5)26(6)32(28)40-34)39-30(36)18-17-29(35)33(37)38/h22-24,29H,9-21,35H2,1-8H3,(H,37,38)/t23-,24-,29+,34-/m1/s1. The summed E-state index contributed by atoms with van der Waals surface area (Å²) in [5, 5.41) is 8.96. The van der Waals surface area contributed by atoms with Gasteiger partial charge in [-0.3, -0.25) is 9.59 Å². The van der Waals surface area contributed by atoms with E-state index in [4.69, 9.17) is 20.3 Å². The van der Waals surface area contributed by atoms with Crippen LogP contribution in [0.25, 0.3) is 0 Å². The average molecular weight is 560 g/mol.